The molecule has 3 heterocycles. The summed E-state index contributed by atoms with van der Waals surface area (Å²) in [6.45, 7) is 1.91. The number of sulfonamides is 1. The number of urea groups is 1. The lowest BCUT2D eigenvalue weighted by Crippen LogP contribution is -2.42. The Balaban J connectivity index is 1.44. The van der Waals surface area contributed by atoms with Gasteiger partial charge in [0, 0.05) is 26.2 Å². The van der Waals surface area contributed by atoms with Crippen molar-refractivity contribution in [1.82, 2.24) is 19.8 Å². The number of carbonyl (C=O) groups is 1. The molecule has 1 saturated heterocycles. The molecule has 2 unspecified atom stereocenters. The van der Waals surface area contributed by atoms with E-state index in [1.807, 2.05) is 19.5 Å². The van der Waals surface area contributed by atoms with Crippen molar-refractivity contribution in [2.45, 2.75) is 16.7 Å². The number of nitrogens with one attached hydrogen (secondary N) is 2. The highest BCUT2D eigenvalue weighted by Gasteiger charge is 2.33. The fraction of sp³-hybridized carbons (Fsp3) is 0.500. The minimum absolute atomic E-state index is 0.120. The number of amides is 2. The first-order valence-electron chi connectivity index (χ1n) is 9.12. The van der Waals surface area contributed by atoms with Crippen LogP contribution < -0.4 is 10.6 Å². The van der Waals surface area contributed by atoms with E-state index < -0.39 is 10.0 Å². The van der Waals surface area contributed by atoms with Gasteiger partial charge in [-0.3, -0.25) is 0 Å². The zero-order valence-corrected chi connectivity index (χ0v) is 18.4. The van der Waals surface area contributed by atoms with Crippen LogP contribution in [-0.2, 0) is 10.0 Å². The van der Waals surface area contributed by atoms with Crippen molar-refractivity contribution in [3.63, 3.8) is 0 Å². The van der Waals surface area contributed by atoms with Gasteiger partial charge in [0.2, 0.25) is 0 Å². The Morgan fingerprint density at radius 1 is 1.32 bits per heavy atom. The molecule has 10 heteroatoms. The summed E-state index contributed by atoms with van der Waals surface area (Å²) >= 11 is 2.87. The lowest BCUT2D eigenvalue weighted by atomic mass is 10.1. The number of thiophene rings is 2. The largest absolute Gasteiger partial charge is 0.338 e. The molecule has 1 fully saturated rings. The van der Waals surface area contributed by atoms with Crippen LogP contribution in [0, 0.1) is 5.92 Å². The van der Waals surface area contributed by atoms with E-state index in [4.69, 9.17) is 0 Å². The van der Waals surface area contributed by atoms with Crippen molar-refractivity contribution >= 4 is 38.7 Å². The highest BCUT2D eigenvalue weighted by atomic mass is 32.2. The quantitative estimate of drug-likeness (QED) is 0.658. The Morgan fingerprint density at radius 2 is 2.14 bits per heavy atom. The number of carbonyl (C=O) groups excluding carboxylic acids is 1. The van der Waals surface area contributed by atoms with Gasteiger partial charge < -0.3 is 15.5 Å². The van der Waals surface area contributed by atoms with E-state index in [-0.39, 0.29) is 18.0 Å². The van der Waals surface area contributed by atoms with Crippen molar-refractivity contribution < 1.29 is 13.2 Å². The van der Waals surface area contributed by atoms with E-state index in [1.165, 1.54) is 21.2 Å². The van der Waals surface area contributed by atoms with Crippen LogP contribution in [0.5, 0.6) is 0 Å². The molecule has 0 bridgehead atoms. The van der Waals surface area contributed by atoms with Crippen molar-refractivity contribution in [2.24, 2.45) is 5.92 Å². The second-order valence-corrected chi connectivity index (χ2v) is 11.0. The first-order valence-corrected chi connectivity index (χ1v) is 12.4. The summed E-state index contributed by atoms with van der Waals surface area (Å²) in [6.07, 6.45) is 0.750. The number of nitrogens with zero attached hydrogens (tertiary/aromatic N) is 2. The minimum Gasteiger partial charge on any atom is -0.338 e. The maximum absolute atomic E-state index is 12.6. The molecule has 2 aromatic heterocycles. The van der Waals surface area contributed by atoms with Crippen LogP contribution in [0.1, 0.15) is 18.0 Å². The molecule has 2 aromatic rings. The third-order valence-corrected chi connectivity index (χ3v) is 8.84. The number of rotatable bonds is 8. The Kier molecular flexibility index (Phi) is 7.10. The summed E-state index contributed by atoms with van der Waals surface area (Å²) in [4.78, 5) is 14.3. The predicted octanol–water partition coefficient (Wildman–Crippen LogP) is 2.42. The molecule has 154 valence electrons. The third-order valence-electron chi connectivity index (χ3n) is 4.90. The fourth-order valence-electron chi connectivity index (χ4n) is 3.27. The molecule has 2 atom stereocenters. The molecule has 0 spiro atoms. The first-order chi connectivity index (χ1) is 13.4. The van der Waals surface area contributed by atoms with Crippen LogP contribution in [0.2, 0.25) is 0 Å². The van der Waals surface area contributed by atoms with Gasteiger partial charge in [-0.05, 0) is 60.3 Å². The van der Waals surface area contributed by atoms with E-state index >= 15 is 0 Å². The lowest BCUT2D eigenvalue weighted by molar-refractivity contribution is 0.231. The van der Waals surface area contributed by atoms with Crippen LogP contribution in [0.4, 0.5) is 4.79 Å². The van der Waals surface area contributed by atoms with Gasteiger partial charge in [0.05, 0.1) is 6.04 Å². The van der Waals surface area contributed by atoms with E-state index in [1.54, 1.807) is 28.8 Å². The summed E-state index contributed by atoms with van der Waals surface area (Å²) in [5.74, 6) is 0.127. The number of likely N-dealkylation sites (N-methyl/N-ethyl adjacent to an activating group) is 1. The van der Waals surface area contributed by atoms with Gasteiger partial charge in [0.1, 0.15) is 4.21 Å². The van der Waals surface area contributed by atoms with Crippen molar-refractivity contribution in [2.75, 3.05) is 40.3 Å². The van der Waals surface area contributed by atoms with Gasteiger partial charge in [-0.25, -0.2) is 13.2 Å². The average molecular weight is 443 g/mol. The van der Waals surface area contributed by atoms with Crippen LogP contribution in [-0.4, -0.2) is 63.9 Å². The SMILES string of the molecule is CN(C)C(CNC(=O)NCC1CCN(S(=O)(=O)c2cccs2)C1)c1ccsc1. The summed E-state index contributed by atoms with van der Waals surface area (Å²) in [5.41, 5.74) is 1.18. The molecule has 0 aliphatic carbocycles. The molecule has 2 N–H and O–H groups in total. The average Bonchev–Trinajstić information content (AvgIpc) is 3.42. The molecule has 0 aromatic carbocycles. The Labute approximate surface area is 174 Å². The van der Waals surface area contributed by atoms with Crippen LogP contribution in [0.25, 0.3) is 0 Å². The Hall–Kier alpha value is -1.46. The monoisotopic (exact) mass is 442 g/mol. The van der Waals surface area contributed by atoms with E-state index in [9.17, 15) is 13.2 Å². The lowest BCUT2D eigenvalue weighted by Gasteiger charge is -2.24. The Morgan fingerprint density at radius 3 is 2.79 bits per heavy atom. The van der Waals surface area contributed by atoms with Gasteiger partial charge in [0.25, 0.3) is 10.0 Å². The van der Waals surface area contributed by atoms with Crippen LogP contribution in [0.3, 0.4) is 0 Å². The summed E-state index contributed by atoms with van der Waals surface area (Å²) in [7, 11) is 0.574. The van der Waals surface area contributed by atoms with Crippen molar-refractivity contribution in [3.05, 3.63) is 39.9 Å². The van der Waals surface area contributed by atoms with E-state index in [2.05, 4.69) is 27.0 Å². The molecular weight excluding hydrogens is 416 g/mol. The fourth-order valence-corrected chi connectivity index (χ4v) is 6.65. The molecular formula is C18H26N4O3S3. The number of hydrogen-bond acceptors (Lipinski definition) is 6. The van der Waals surface area contributed by atoms with Gasteiger partial charge in [-0.1, -0.05) is 6.07 Å². The zero-order chi connectivity index (χ0) is 20.1. The molecule has 7 nitrogen and oxygen atoms in total. The van der Waals surface area contributed by atoms with E-state index in [0.29, 0.717) is 30.4 Å². The standard InChI is InChI=1S/C18H26N4O3S3/c1-21(2)16(15-6-9-26-13-15)11-20-18(23)19-10-14-5-7-22(12-14)28(24,25)17-4-3-8-27-17/h3-4,6,8-9,13-14,16H,5,7,10-12H2,1-2H3,(H2,19,20,23). The van der Waals surface area contributed by atoms with Crippen LogP contribution in [0.15, 0.2) is 38.5 Å². The third kappa shape index (κ3) is 5.12. The summed E-state index contributed by atoms with van der Waals surface area (Å²) in [5, 5.41) is 11.7. The molecule has 3 rings (SSSR count). The normalized spacial score (nSPS) is 19.0. The van der Waals surface area contributed by atoms with Crippen LogP contribution >= 0.6 is 22.7 Å². The maximum Gasteiger partial charge on any atom is 0.314 e. The first kappa shape index (κ1) is 21.3. The molecule has 28 heavy (non-hydrogen) atoms. The van der Waals surface area contributed by atoms with Gasteiger partial charge >= 0.3 is 6.03 Å². The molecule has 1 aliphatic rings. The van der Waals surface area contributed by atoms with Gasteiger partial charge in [0.15, 0.2) is 0 Å². The Bertz CT molecular complexity index is 851. The van der Waals surface area contributed by atoms with E-state index in [0.717, 1.165) is 6.42 Å². The smallest absolute Gasteiger partial charge is 0.314 e. The summed E-state index contributed by atoms with van der Waals surface area (Å²) in [6, 6.07) is 5.34. The molecule has 1 aliphatic heterocycles. The summed E-state index contributed by atoms with van der Waals surface area (Å²) < 4.78 is 27.0. The predicted molar refractivity (Wildman–Crippen MR) is 113 cm³/mol. The minimum atomic E-state index is -3.40. The molecule has 2 amide bonds. The number of hydrogen-bond donors (Lipinski definition) is 2. The molecule has 0 saturated carbocycles. The topological polar surface area (TPSA) is 81.8 Å². The highest BCUT2D eigenvalue weighted by Crippen LogP contribution is 2.26. The maximum atomic E-state index is 12.6. The second-order valence-electron chi connectivity index (χ2n) is 7.08. The highest BCUT2D eigenvalue weighted by molar-refractivity contribution is 7.91. The zero-order valence-electron chi connectivity index (χ0n) is 16.0. The second kappa shape index (κ2) is 9.36. The molecule has 0 radical (unpaired) electrons. The van der Waals surface area contributed by atoms with Crippen molar-refractivity contribution in [1.29, 1.82) is 0 Å². The van der Waals surface area contributed by atoms with Crippen molar-refractivity contribution in [3.8, 4) is 0 Å². The van der Waals surface area contributed by atoms with Gasteiger partial charge in [-0.15, -0.1) is 11.3 Å². The van der Waals surface area contributed by atoms with Gasteiger partial charge in [-0.2, -0.15) is 15.6 Å².